The maximum Gasteiger partial charge on any atom is 0.251 e. The number of carbonyl (C=O) groups excluding carboxylic acids is 1. The molecule has 0 spiro atoms. The Bertz CT molecular complexity index is 710. The van der Waals surface area contributed by atoms with Crippen LogP contribution in [0, 0.1) is 0 Å². The van der Waals surface area contributed by atoms with Crippen molar-refractivity contribution in [3.63, 3.8) is 0 Å². The zero-order valence-corrected chi connectivity index (χ0v) is 17.2. The summed E-state index contributed by atoms with van der Waals surface area (Å²) in [5.41, 5.74) is 1.74. The highest BCUT2D eigenvalue weighted by molar-refractivity contribution is 9.10. The quantitative estimate of drug-likeness (QED) is 0.710. The Morgan fingerprint density at radius 3 is 2.19 bits per heavy atom. The second-order valence-corrected chi connectivity index (χ2v) is 7.00. The van der Waals surface area contributed by atoms with E-state index in [0.717, 1.165) is 6.42 Å². The highest BCUT2D eigenvalue weighted by atomic mass is 79.9. The van der Waals surface area contributed by atoms with Crippen LogP contribution in [0.15, 0.2) is 46.9 Å². The van der Waals surface area contributed by atoms with Crippen molar-refractivity contribution in [2.24, 2.45) is 0 Å². The number of halogens is 1. The summed E-state index contributed by atoms with van der Waals surface area (Å²) >= 11 is 3.41. The molecular formula is C20H25BrN2O3. The summed E-state index contributed by atoms with van der Waals surface area (Å²) in [6, 6.07) is 13.9. The van der Waals surface area contributed by atoms with Gasteiger partial charge in [-0.05, 0) is 54.1 Å². The summed E-state index contributed by atoms with van der Waals surface area (Å²) in [5.74, 6) is 0.958. The van der Waals surface area contributed by atoms with E-state index in [1.54, 1.807) is 26.4 Å². The predicted octanol–water partition coefficient (Wildman–Crippen LogP) is 3.37. The largest absolute Gasteiger partial charge is 0.495 e. The molecule has 0 saturated heterocycles. The molecule has 1 unspecified atom stereocenters. The molecule has 26 heavy (non-hydrogen) atoms. The first-order valence-electron chi connectivity index (χ1n) is 8.36. The van der Waals surface area contributed by atoms with Crippen LogP contribution >= 0.6 is 15.9 Å². The monoisotopic (exact) mass is 420 g/mol. The average molecular weight is 421 g/mol. The Labute approximate surface area is 163 Å². The highest BCUT2D eigenvalue weighted by Gasteiger charge is 2.17. The van der Waals surface area contributed by atoms with Gasteiger partial charge < -0.3 is 19.7 Å². The van der Waals surface area contributed by atoms with E-state index in [4.69, 9.17) is 9.47 Å². The van der Waals surface area contributed by atoms with Gasteiger partial charge in [0.05, 0.1) is 14.2 Å². The SMILES string of the molecule is COc1cc(C(=O)NCC(Cc2ccccc2)N(C)C)cc(OC)c1Br. The summed E-state index contributed by atoms with van der Waals surface area (Å²) in [6.45, 7) is 0.543. The van der Waals surface area contributed by atoms with Crippen molar-refractivity contribution in [1.82, 2.24) is 10.2 Å². The molecule has 6 heteroatoms. The van der Waals surface area contributed by atoms with Crippen LogP contribution in [0.2, 0.25) is 0 Å². The molecule has 1 atom stereocenters. The molecule has 0 aliphatic carbocycles. The van der Waals surface area contributed by atoms with Crippen LogP contribution in [-0.2, 0) is 6.42 Å². The van der Waals surface area contributed by atoms with E-state index in [9.17, 15) is 4.79 Å². The topological polar surface area (TPSA) is 50.8 Å². The van der Waals surface area contributed by atoms with Crippen molar-refractivity contribution < 1.29 is 14.3 Å². The lowest BCUT2D eigenvalue weighted by Crippen LogP contribution is -2.41. The molecule has 2 aromatic rings. The van der Waals surface area contributed by atoms with Gasteiger partial charge in [-0.2, -0.15) is 0 Å². The molecule has 140 valence electrons. The number of nitrogens with zero attached hydrogens (tertiary/aromatic N) is 1. The van der Waals surface area contributed by atoms with Gasteiger partial charge in [-0.1, -0.05) is 30.3 Å². The molecule has 2 rings (SSSR count). The molecule has 0 aromatic heterocycles. The van der Waals surface area contributed by atoms with Crippen molar-refractivity contribution in [3.05, 3.63) is 58.1 Å². The summed E-state index contributed by atoms with van der Waals surface area (Å²) in [7, 11) is 7.16. The molecule has 2 aromatic carbocycles. The van der Waals surface area contributed by atoms with Crippen molar-refractivity contribution in [2.75, 3.05) is 34.9 Å². The zero-order valence-electron chi connectivity index (χ0n) is 15.6. The van der Waals surface area contributed by atoms with E-state index in [1.807, 2.05) is 32.3 Å². The second-order valence-electron chi connectivity index (χ2n) is 6.21. The molecule has 0 radical (unpaired) electrons. The van der Waals surface area contributed by atoms with E-state index >= 15 is 0 Å². The van der Waals surface area contributed by atoms with Crippen molar-refractivity contribution in [3.8, 4) is 11.5 Å². The fourth-order valence-corrected chi connectivity index (χ4v) is 3.19. The third-order valence-corrected chi connectivity index (χ3v) is 5.03. The molecule has 0 fully saturated rings. The van der Waals surface area contributed by atoms with Gasteiger partial charge in [-0.3, -0.25) is 4.79 Å². The Hall–Kier alpha value is -2.05. The van der Waals surface area contributed by atoms with Gasteiger partial charge in [-0.25, -0.2) is 0 Å². The number of amides is 1. The normalized spacial score (nSPS) is 11.9. The number of hydrogen-bond acceptors (Lipinski definition) is 4. The second kappa shape index (κ2) is 9.59. The first-order valence-corrected chi connectivity index (χ1v) is 9.15. The van der Waals surface area contributed by atoms with Gasteiger partial charge in [0.2, 0.25) is 0 Å². The Morgan fingerprint density at radius 2 is 1.69 bits per heavy atom. The molecule has 0 heterocycles. The number of ether oxygens (including phenoxy) is 2. The number of hydrogen-bond donors (Lipinski definition) is 1. The molecule has 0 saturated carbocycles. The minimum Gasteiger partial charge on any atom is -0.495 e. The lowest BCUT2D eigenvalue weighted by Gasteiger charge is -2.25. The maximum absolute atomic E-state index is 12.6. The van der Waals surface area contributed by atoms with Crippen LogP contribution in [-0.4, -0.2) is 51.7 Å². The molecule has 0 aliphatic heterocycles. The van der Waals surface area contributed by atoms with Crippen LogP contribution in [0.25, 0.3) is 0 Å². The third-order valence-electron chi connectivity index (χ3n) is 4.25. The molecular weight excluding hydrogens is 396 g/mol. The number of carbonyl (C=O) groups is 1. The van der Waals surface area contributed by atoms with Crippen molar-refractivity contribution in [2.45, 2.75) is 12.5 Å². The number of methoxy groups -OCH3 is 2. The lowest BCUT2D eigenvalue weighted by atomic mass is 10.0. The van der Waals surface area contributed by atoms with Gasteiger partial charge in [0.1, 0.15) is 16.0 Å². The summed E-state index contributed by atoms with van der Waals surface area (Å²) in [4.78, 5) is 14.7. The van der Waals surface area contributed by atoms with Gasteiger partial charge in [0.25, 0.3) is 5.91 Å². The molecule has 5 nitrogen and oxygen atoms in total. The van der Waals surface area contributed by atoms with Crippen LogP contribution in [0.5, 0.6) is 11.5 Å². The van der Waals surface area contributed by atoms with Crippen LogP contribution in [0.3, 0.4) is 0 Å². The van der Waals surface area contributed by atoms with E-state index in [0.29, 0.717) is 28.1 Å². The van der Waals surface area contributed by atoms with Crippen LogP contribution < -0.4 is 14.8 Å². The first kappa shape index (κ1) is 20.3. The number of nitrogens with one attached hydrogen (secondary N) is 1. The summed E-state index contributed by atoms with van der Waals surface area (Å²) < 4.78 is 11.3. The number of likely N-dealkylation sites (N-methyl/N-ethyl adjacent to an activating group) is 1. The predicted molar refractivity (Wildman–Crippen MR) is 107 cm³/mol. The minimum absolute atomic E-state index is 0.158. The standard InChI is InChI=1S/C20H25BrN2O3/c1-23(2)16(10-14-8-6-5-7-9-14)13-22-20(24)15-11-17(25-3)19(21)18(12-15)26-4/h5-9,11-12,16H,10,13H2,1-4H3,(H,22,24). The van der Waals surface area contributed by atoms with Crippen LogP contribution in [0.1, 0.15) is 15.9 Å². The fourth-order valence-electron chi connectivity index (χ4n) is 2.64. The number of benzene rings is 2. The summed E-state index contributed by atoms with van der Waals surface area (Å²) in [6.07, 6.45) is 0.862. The minimum atomic E-state index is -0.158. The summed E-state index contributed by atoms with van der Waals surface area (Å²) in [5, 5.41) is 3.02. The maximum atomic E-state index is 12.6. The highest BCUT2D eigenvalue weighted by Crippen LogP contribution is 2.35. The smallest absolute Gasteiger partial charge is 0.251 e. The Kier molecular flexibility index (Phi) is 7.48. The first-order chi connectivity index (χ1) is 12.5. The molecule has 1 N–H and O–H groups in total. The Balaban J connectivity index is 2.08. The van der Waals surface area contributed by atoms with Gasteiger partial charge in [0, 0.05) is 18.2 Å². The third kappa shape index (κ3) is 5.22. The van der Waals surface area contributed by atoms with Gasteiger partial charge in [0.15, 0.2) is 0 Å². The van der Waals surface area contributed by atoms with Gasteiger partial charge in [-0.15, -0.1) is 0 Å². The van der Waals surface area contributed by atoms with Crippen molar-refractivity contribution >= 4 is 21.8 Å². The van der Waals surface area contributed by atoms with E-state index < -0.39 is 0 Å². The van der Waals surface area contributed by atoms with E-state index in [2.05, 4.69) is 38.3 Å². The van der Waals surface area contributed by atoms with Gasteiger partial charge >= 0.3 is 0 Å². The average Bonchev–Trinajstić information content (AvgIpc) is 2.65. The van der Waals surface area contributed by atoms with Crippen molar-refractivity contribution in [1.29, 1.82) is 0 Å². The van der Waals surface area contributed by atoms with E-state index in [-0.39, 0.29) is 11.9 Å². The molecule has 1 amide bonds. The zero-order chi connectivity index (χ0) is 19.1. The Morgan fingerprint density at radius 1 is 1.12 bits per heavy atom. The van der Waals surface area contributed by atoms with Crippen LogP contribution in [0.4, 0.5) is 0 Å². The molecule has 0 aliphatic rings. The molecule has 0 bridgehead atoms. The lowest BCUT2D eigenvalue weighted by molar-refractivity contribution is 0.0941. The number of rotatable bonds is 8. The van der Waals surface area contributed by atoms with E-state index in [1.165, 1.54) is 5.56 Å². The fraction of sp³-hybridized carbons (Fsp3) is 0.350.